The molecule has 0 radical (unpaired) electrons. The first-order chi connectivity index (χ1) is 9.09. The number of likely N-dealkylation sites (N-methyl/N-ethyl adjacent to an activating group) is 1. The topological polar surface area (TPSA) is 65.8 Å². The third kappa shape index (κ3) is 3.14. The van der Waals surface area contributed by atoms with E-state index in [1.807, 2.05) is 13.0 Å². The molecule has 1 aliphatic rings. The zero-order valence-corrected chi connectivity index (χ0v) is 11.3. The minimum atomic E-state index is -0.470. The van der Waals surface area contributed by atoms with Crippen LogP contribution in [0.4, 0.5) is 0 Å². The lowest BCUT2D eigenvalue weighted by Gasteiger charge is -2.28. The Balaban J connectivity index is 1.94. The van der Waals surface area contributed by atoms with Gasteiger partial charge < -0.3 is 19.5 Å². The van der Waals surface area contributed by atoms with Gasteiger partial charge in [-0.05, 0) is 13.0 Å². The van der Waals surface area contributed by atoms with E-state index in [0.717, 1.165) is 24.4 Å². The molecule has 6 heteroatoms. The van der Waals surface area contributed by atoms with Crippen LogP contribution in [0.3, 0.4) is 0 Å². The largest absolute Gasteiger partial charge is 0.469 e. The Labute approximate surface area is 112 Å². The van der Waals surface area contributed by atoms with Crippen molar-refractivity contribution in [2.45, 2.75) is 13.5 Å². The van der Waals surface area contributed by atoms with Gasteiger partial charge in [0.1, 0.15) is 5.76 Å². The van der Waals surface area contributed by atoms with Crippen molar-refractivity contribution in [2.75, 3.05) is 33.2 Å². The van der Waals surface area contributed by atoms with Crippen LogP contribution in [0, 0.1) is 6.92 Å². The Hall–Kier alpha value is -1.82. The van der Waals surface area contributed by atoms with E-state index in [4.69, 9.17) is 4.42 Å². The van der Waals surface area contributed by atoms with Crippen LogP contribution < -0.4 is 5.32 Å². The van der Waals surface area contributed by atoms with Crippen LogP contribution in [-0.2, 0) is 16.1 Å². The van der Waals surface area contributed by atoms with Crippen LogP contribution in [-0.4, -0.2) is 54.8 Å². The van der Waals surface area contributed by atoms with Gasteiger partial charge in [-0.15, -0.1) is 0 Å². The summed E-state index contributed by atoms with van der Waals surface area (Å²) in [6.45, 7) is 4.88. The van der Waals surface area contributed by atoms with Crippen molar-refractivity contribution in [2.24, 2.45) is 0 Å². The normalized spacial score (nSPS) is 15.4. The molecule has 0 bridgehead atoms. The highest BCUT2D eigenvalue weighted by atomic mass is 16.3. The van der Waals surface area contributed by atoms with Crippen molar-refractivity contribution >= 4 is 11.8 Å². The first-order valence-electron chi connectivity index (χ1n) is 6.37. The molecular formula is C13H19N3O3. The highest BCUT2D eigenvalue weighted by Crippen LogP contribution is 2.11. The third-order valence-corrected chi connectivity index (χ3v) is 3.31. The summed E-state index contributed by atoms with van der Waals surface area (Å²) in [6.07, 6.45) is 1.58. The van der Waals surface area contributed by atoms with E-state index in [0.29, 0.717) is 19.6 Å². The highest BCUT2D eigenvalue weighted by Gasteiger charge is 2.26. The van der Waals surface area contributed by atoms with Gasteiger partial charge in [-0.25, -0.2) is 0 Å². The molecule has 0 saturated carbocycles. The number of aryl methyl sites for hydroxylation is 1. The fraction of sp³-hybridized carbons (Fsp3) is 0.538. The Bertz CT molecular complexity index is 463. The third-order valence-electron chi connectivity index (χ3n) is 3.31. The Morgan fingerprint density at radius 2 is 2.11 bits per heavy atom. The molecule has 1 N–H and O–H groups in total. The molecule has 0 spiro atoms. The van der Waals surface area contributed by atoms with Crippen LogP contribution in [0.15, 0.2) is 16.7 Å². The molecule has 104 valence electrons. The first-order valence-corrected chi connectivity index (χ1v) is 6.37. The molecule has 19 heavy (non-hydrogen) atoms. The van der Waals surface area contributed by atoms with E-state index >= 15 is 0 Å². The SMILES string of the molecule is Cc1occc1CN(C)C(=O)C(=O)N1CCNCC1. The van der Waals surface area contributed by atoms with E-state index in [-0.39, 0.29) is 0 Å². The molecule has 0 aromatic carbocycles. The molecule has 1 fully saturated rings. The second kappa shape index (κ2) is 5.88. The monoisotopic (exact) mass is 265 g/mol. The Morgan fingerprint density at radius 3 is 2.68 bits per heavy atom. The molecule has 0 atom stereocenters. The molecule has 1 saturated heterocycles. The number of furan rings is 1. The summed E-state index contributed by atoms with van der Waals surface area (Å²) in [5.74, 6) is -0.123. The molecule has 6 nitrogen and oxygen atoms in total. The van der Waals surface area contributed by atoms with E-state index < -0.39 is 11.8 Å². The molecule has 2 amide bonds. The van der Waals surface area contributed by atoms with Crippen molar-refractivity contribution in [3.8, 4) is 0 Å². The lowest BCUT2D eigenvalue weighted by atomic mass is 10.2. The second-order valence-electron chi connectivity index (χ2n) is 4.71. The van der Waals surface area contributed by atoms with Crippen molar-refractivity contribution in [1.82, 2.24) is 15.1 Å². The second-order valence-corrected chi connectivity index (χ2v) is 4.71. The highest BCUT2D eigenvalue weighted by molar-refractivity contribution is 6.34. The lowest BCUT2D eigenvalue weighted by Crippen LogP contribution is -2.51. The maximum absolute atomic E-state index is 12.1. The number of rotatable bonds is 2. The van der Waals surface area contributed by atoms with Crippen LogP contribution in [0.25, 0.3) is 0 Å². The van der Waals surface area contributed by atoms with Crippen LogP contribution in [0.1, 0.15) is 11.3 Å². The minimum absolute atomic E-state index is 0.388. The zero-order valence-electron chi connectivity index (χ0n) is 11.3. The van der Waals surface area contributed by atoms with Crippen molar-refractivity contribution in [1.29, 1.82) is 0 Å². The summed E-state index contributed by atoms with van der Waals surface area (Å²) < 4.78 is 5.18. The average molecular weight is 265 g/mol. The minimum Gasteiger partial charge on any atom is -0.469 e. The van der Waals surface area contributed by atoms with Gasteiger partial charge >= 0.3 is 11.8 Å². The fourth-order valence-corrected chi connectivity index (χ4v) is 2.07. The van der Waals surface area contributed by atoms with Crippen LogP contribution >= 0.6 is 0 Å². The van der Waals surface area contributed by atoms with Crippen molar-refractivity contribution < 1.29 is 14.0 Å². The maximum atomic E-state index is 12.1. The van der Waals surface area contributed by atoms with Gasteiger partial charge in [0.2, 0.25) is 0 Å². The Kier molecular flexibility index (Phi) is 4.21. The number of carbonyl (C=O) groups excluding carboxylic acids is 2. The van der Waals surface area contributed by atoms with Crippen molar-refractivity contribution in [3.63, 3.8) is 0 Å². The average Bonchev–Trinajstić information content (AvgIpc) is 2.83. The molecular weight excluding hydrogens is 246 g/mol. The summed E-state index contributed by atoms with van der Waals surface area (Å²) in [5.41, 5.74) is 0.920. The van der Waals surface area contributed by atoms with E-state index in [1.54, 1.807) is 18.2 Å². The standard InChI is InChI=1S/C13H19N3O3/c1-10-11(3-8-19-10)9-15(2)12(17)13(18)16-6-4-14-5-7-16/h3,8,14H,4-7,9H2,1-2H3. The van der Waals surface area contributed by atoms with Gasteiger partial charge in [0.15, 0.2) is 0 Å². The van der Waals surface area contributed by atoms with E-state index in [9.17, 15) is 9.59 Å². The van der Waals surface area contributed by atoms with Gasteiger partial charge in [0, 0.05) is 45.3 Å². The van der Waals surface area contributed by atoms with Gasteiger partial charge in [-0.1, -0.05) is 0 Å². The summed E-state index contributed by atoms with van der Waals surface area (Å²) in [4.78, 5) is 27.1. The molecule has 0 aliphatic carbocycles. The van der Waals surface area contributed by atoms with Crippen LogP contribution in [0.5, 0.6) is 0 Å². The van der Waals surface area contributed by atoms with E-state index in [2.05, 4.69) is 5.32 Å². The fourth-order valence-electron chi connectivity index (χ4n) is 2.07. The van der Waals surface area contributed by atoms with Gasteiger partial charge in [0.25, 0.3) is 0 Å². The molecule has 1 aromatic rings. The number of nitrogens with one attached hydrogen (secondary N) is 1. The number of hydrogen-bond acceptors (Lipinski definition) is 4. The molecule has 1 aliphatic heterocycles. The smallest absolute Gasteiger partial charge is 0.312 e. The zero-order chi connectivity index (χ0) is 13.8. The van der Waals surface area contributed by atoms with Gasteiger partial charge in [-0.2, -0.15) is 0 Å². The summed E-state index contributed by atoms with van der Waals surface area (Å²) >= 11 is 0. The summed E-state index contributed by atoms with van der Waals surface area (Å²) in [6, 6.07) is 1.81. The number of piperazine rings is 1. The van der Waals surface area contributed by atoms with Crippen LogP contribution in [0.2, 0.25) is 0 Å². The molecule has 2 rings (SSSR count). The number of amides is 2. The molecule has 1 aromatic heterocycles. The maximum Gasteiger partial charge on any atom is 0.312 e. The molecule has 0 unspecified atom stereocenters. The quantitative estimate of drug-likeness (QED) is 0.763. The first kappa shape index (κ1) is 13.6. The van der Waals surface area contributed by atoms with Gasteiger partial charge in [-0.3, -0.25) is 9.59 Å². The predicted molar refractivity (Wildman–Crippen MR) is 69.4 cm³/mol. The lowest BCUT2D eigenvalue weighted by molar-refractivity contribution is -0.151. The van der Waals surface area contributed by atoms with Gasteiger partial charge in [0.05, 0.1) is 6.26 Å². The van der Waals surface area contributed by atoms with Crippen molar-refractivity contribution in [3.05, 3.63) is 23.7 Å². The predicted octanol–water partition coefficient (Wildman–Crippen LogP) is -0.0218. The number of nitrogens with zero attached hydrogens (tertiary/aromatic N) is 2. The molecule has 2 heterocycles. The van der Waals surface area contributed by atoms with E-state index in [1.165, 1.54) is 4.90 Å². The summed E-state index contributed by atoms with van der Waals surface area (Å²) in [7, 11) is 1.63. The number of carbonyl (C=O) groups is 2. The number of hydrogen-bond donors (Lipinski definition) is 1. The summed E-state index contributed by atoms with van der Waals surface area (Å²) in [5, 5.41) is 3.15. The Morgan fingerprint density at radius 1 is 1.42 bits per heavy atom.